The van der Waals surface area contributed by atoms with Gasteiger partial charge in [0.15, 0.2) is 0 Å². The Bertz CT molecular complexity index is 540. The van der Waals surface area contributed by atoms with Crippen molar-refractivity contribution >= 4 is 28.2 Å². The molecule has 0 fully saturated rings. The van der Waals surface area contributed by atoms with E-state index in [1.807, 2.05) is 19.1 Å². The molecule has 0 spiro atoms. The highest BCUT2D eigenvalue weighted by molar-refractivity contribution is 6.36. The van der Waals surface area contributed by atoms with Crippen LogP contribution in [0, 0.1) is 6.92 Å². The smallest absolute Gasteiger partial charge is 0.0948 e. The van der Waals surface area contributed by atoms with Crippen molar-refractivity contribution in [3.63, 3.8) is 0 Å². The van der Waals surface area contributed by atoms with E-state index in [0.717, 1.165) is 22.0 Å². The molecule has 16 heavy (non-hydrogen) atoms. The van der Waals surface area contributed by atoms with Gasteiger partial charge in [-0.2, -0.15) is 0 Å². The molecule has 2 rings (SSSR count). The van der Waals surface area contributed by atoms with Crippen LogP contribution in [-0.2, 0) is 11.3 Å². The van der Waals surface area contributed by atoms with Crippen LogP contribution in [-0.4, -0.2) is 12.1 Å². The number of benzene rings is 1. The molecule has 0 unspecified atom stereocenters. The van der Waals surface area contributed by atoms with Gasteiger partial charge in [0.25, 0.3) is 0 Å². The Balaban J connectivity index is 2.78. The fourth-order valence-corrected chi connectivity index (χ4v) is 2.08. The van der Waals surface area contributed by atoms with E-state index in [0.29, 0.717) is 17.3 Å². The van der Waals surface area contributed by atoms with Crippen LogP contribution in [0.15, 0.2) is 18.3 Å². The number of aromatic nitrogens is 1. The van der Waals surface area contributed by atoms with Gasteiger partial charge in [0.2, 0.25) is 0 Å². The second-order valence-corrected chi connectivity index (χ2v) is 4.10. The lowest BCUT2D eigenvalue weighted by atomic mass is 10.1. The molecule has 0 aliphatic carbocycles. The molecule has 84 valence electrons. The number of fused-ring (bicyclic) bond motifs is 1. The Labute approximate surface area is 99.2 Å². The zero-order chi connectivity index (χ0) is 11.7. The molecule has 0 aliphatic rings. The van der Waals surface area contributed by atoms with Gasteiger partial charge in [-0.3, -0.25) is 4.98 Å². The first-order valence-corrected chi connectivity index (χ1v) is 5.34. The molecule has 3 nitrogen and oxygen atoms in total. The summed E-state index contributed by atoms with van der Waals surface area (Å²) in [6, 6.07) is 3.79. The van der Waals surface area contributed by atoms with E-state index in [1.165, 1.54) is 0 Å². The normalized spacial score (nSPS) is 10.9. The van der Waals surface area contributed by atoms with Crippen molar-refractivity contribution in [3.8, 4) is 0 Å². The lowest BCUT2D eigenvalue weighted by molar-refractivity contribution is 0.185. The van der Waals surface area contributed by atoms with Crippen molar-refractivity contribution in [2.45, 2.75) is 13.5 Å². The quantitative estimate of drug-likeness (QED) is 0.816. The second-order valence-electron chi connectivity index (χ2n) is 3.73. The van der Waals surface area contributed by atoms with E-state index in [2.05, 4.69) is 4.98 Å². The van der Waals surface area contributed by atoms with E-state index >= 15 is 0 Å². The molecule has 2 aromatic rings. The first-order chi connectivity index (χ1) is 7.65. The molecule has 1 aromatic heterocycles. The molecule has 0 saturated carbocycles. The van der Waals surface area contributed by atoms with Crippen LogP contribution in [0.1, 0.15) is 11.1 Å². The molecular formula is C12H13ClN2O. The van der Waals surface area contributed by atoms with Crippen LogP contribution in [0.4, 0.5) is 5.69 Å². The second kappa shape index (κ2) is 4.28. The summed E-state index contributed by atoms with van der Waals surface area (Å²) in [7, 11) is 1.63. The number of methoxy groups -OCH3 is 1. The van der Waals surface area contributed by atoms with Crippen molar-refractivity contribution in [2.24, 2.45) is 0 Å². The van der Waals surface area contributed by atoms with E-state index in [4.69, 9.17) is 22.1 Å². The average molecular weight is 237 g/mol. The fourth-order valence-electron chi connectivity index (χ4n) is 1.74. The van der Waals surface area contributed by atoms with Crippen LogP contribution < -0.4 is 5.73 Å². The largest absolute Gasteiger partial charge is 0.397 e. The SMILES string of the molecule is COCc1cnc2c(N)ccc(C)c2c1Cl. The maximum absolute atomic E-state index is 6.32. The van der Waals surface area contributed by atoms with E-state index in [-0.39, 0.29) is 0 Å². The predicted molar refractivity (Wildman–Crippen MR) is 66.6 cm³/mol. The van der Waals surface area contributed by atoms with Crippen LogP contribution in [0.2, 0.25) is 5.02 Å². The minimum Gasteiger partial charge on any atom is -0.397 e. The van der Waals surface area contributed by atoms with Crippen LogP contribution in [0.5, 0.6) is 0 Å². The molecular weight excluding hydrogens is 224 g/mol. The number of nitrogen functional groups attached to an aromatic ring is 1. The average Bonchev–Trinajstić information content (AvgIpc) is 2.27. The summed E-state index contributed by atoms with van der Waals surface area (Å²) in [5, 5.41) is 1.59. The van der Waals surface area contributed by atoms with Gasteiger partial charge in [0.1, 0.15) is 0 Å². The molecule has 4 heteroatoms. The zero-order valence-electron chi connectivity index (χ0n) is 9.25. The molecule has 0 atom stereocenters. The van der Waals surface area contributed by atoms with Gasteiger partial charge >= 0.3 is 0 Å². The van der Waals surface area contributed by atoms with Gasteiger partial charge in [0.05, 0.1) is 22.8 Å². The number of pyridine rings is 1. The minimum absolute atomic E-state index is 0.454. The van der Waals surface area contributed by atoms with Gasteiger partial charge in [0, 0.05) is 24.3 Å². The molecule has 0 radical (unpaired) electrons. The van der Waals surface area contributed by atoms with Gasteiger partial charge in [-0.1, -0.05) is 17.7 Å². The van der Waals surface area contributed by atoms with Crippen molar-refractivity contribution in [1.29, 1.82) is 0 Å². The number of nitrogens with two attached hydrogens (primary N) is 1. The number of ether oxygens (including phenoxy) is 1. The number of hydrogen-bond acceptors (Lipinski definition) is 3. The molecule has 0 aliphatic heterocycles. The first-order valence-electron chi connectivity index (χ1n) is 4.96. The number of nitrogens with zero attached hydrogens (tertiary/aromatic N) is 1. The Morgan fingerprint density at radius 1 is 1.44 bits per heavy atom. The summed E-state index contributed by atoms with van der Waals surface area (Å²) in [6.45, 7) is 2.45. The third-order valence-electron chi connectivity index (χ3n) is 2.57. The van der Waals surface area contributed by atoms with Gasteiger partial charge in [-0.05, 0) is 18.6 Å². The Hall–Kier alpha value is -1.32. The van der Waals surface area contributed by atoms with Crippen molar-refractivity contribution in [3.05, 3.63) is 34.5 Å². The molecule has 0 saturated heterocycles. The molecule has 1 heterocycles. The molecule has 1 aromatic carbocycles. The van der Waals surface area contributed by atoms with Crippen molar-refractivity contribution in [2.75, 3.05) is 12.8 Å². The van der Waals surface area contributed by atoms with Gasteiger partial charge < -0.3 is 10.5 Å². The monoisotopic (exact) mass is 236 g/mol. The van der Waals surface area contributed by atoms with Crippen molar-refractivity contribution in [1.82, 2.24) is 4.98 Å². The standard InChI is InChI=1S/C12H13ClN2O/c1-7-3-4-9(14)12-10(7)11(13)8(5-15-12)6-16-2/h3-5H,6,14H2,1-2H3. The topological polar surface area (TPSA) is 48.1 Å². The summed E-state index contributed by atoms with van der Waals surface area (Å²) in [5.74, 6) is 0. The third-order valence-corrected chi connectivity index (χ3v) is 3.00. The zero-order valence-corrected chi connectivity index (χ0v) is 10.0. The highest BCUT2D eigenvalue weighted by atomic mass is 35.5. The third kappa shape index (κ3) is 1.72. The Morgan fingerprint density at radius 3 is 2.88 bits per heavy atom. The van der Waals surface area contributed by atoms with Crippen molar-refractivity contribution < 1.29 is 4.74 Å². The Kier molecular flexibility index (Phi) is 2.99. The lowest BCUT2D eigenvalue weighted by Crippen LogP contribution is -1.96. The highest BCUT2D eigenvalue weighted by Crippen LogP contribution is 2.31. The van der Waals surface area contributed by atoms with E-state index in [1.54, 1.807) is 13.3 Å². The first kappa shape index (κ1) is 11.2. The fraction of sp³-hybridized carbons (Fsp3) is 0.250. The molecule has 0 amide bonds. The number of hydrogen-bond donors (Lipinski definition) is 1. The maximum Gasteiger partial charge on any atom is 0.0948 e. The lowest BCUT2D eigenvalue weighted by Gasteiger charge is -2.10. The van der Waals surface area contributed by atoms with Crippen LogP contribution in [0.25, 0.3) is 10.9 Å². The highest BCUT2D eigenvalue weighted by Gasteiger charge is 2.10. The summed E-state index contributed by atoms with van der Waals surface area (Å²) >= 11 is 6.32. The van der Waals surface area contributed by atoms with E-state index < -0.39 is 0 Å². The molecule has 2 N–H and O–H groups in total. The molecule has 0 bridgehead atoms. The van der Waals surface area contributed by atoms with Crippen LogP contribution >= 0.6 is 11.6 Å². The number of anilines is 1. The van der Waals surface area contributed by atoms with Crippen LogP contribution in [0.3, 0.4) is 0 Å². The van der Waals surface area contributed by atoms with Gasteiger partial charge in [-0.15, -0.1) is 0 Å². The number of halogens is 1. The predicted octanol–water partition coefficient (Wildman–Crippen LogP) is 2.93. The maximum atomic E-state index is 6.32. The summed E-state index contributed by atoms with van der Waals surface area (Å²) in [4.78, 5) is 4.33. The Morgan fingerprint density at radius 2 is 2.19 bits per heavy atom. The van der Waals surface area contributed by atoms with Gasteiger partial charge in [-0.25, -0.2) is 0 Å². The summed E-state index contributed by atoms with van der Waals surface area (Å²) in [5.41, 5.74) is 9.21. The number of rotatable bonds is 2. The summed E-state index contributed by atoms with van der Waals surface area (Å²) in [6.07, 6.45) is 1.71. The number of aryl methyl sites for hydroxylation is 1. The van der Waals surface area contributed by atoms with E-state index in [9.17, 15) is 0 Å². The summed E-state index contributed by atoms with van der Waals surface area (Å²) < 4.78 is 5.07. The minimum atomic E-state index is 0.454.